The van der Waals surface area contributed by atoms with Gasteiger partial charge in [-0.25, -0.2) is 4.98 Å². The number of benzene rings is 3. The Morgan fingerprint density at radius 2 is 1.70 bits per heavy atom. The maximum absolute atomic E-state index is 6.42. The summed E-state index contributed by atoms with van der Waals surface area (Å²) in [6, 6.07) is 27.0. The van der Waals surface area contributed by atoms with Gasteiger partial charge in [0, 0.05) is 28.0 Å². The van der Waals surface area contributed by atoms with Crippen LogP contribution in [0, 0.1) is 0 Å². The second-order valence-electron chi connectivity index (χ2n) is 9.10. The third kappa shape index (κ3) is 4.50. The van der Waals surface area contributed by atoms with Crippen molar-refractivity contribution in [2.75, 3.05) is 7.11 Å². The molecule has 0 N–H and O–H groups in total. The van der Waals surface area contributed by atoms with Gasteiger partial charge in [-0.1, -0.05) is 64.9 Å². The van der Waals surface area contributed by atoms with Gasteiger partial charge in [0.1, 0.15) is 22.2 Å². The molecule has 0 unspecified atom stereocenters. The largest absolute Gasteiger partial charge is 0.497 e. The fourth-order valence-electron chi connectivity index (χ4n) is 4.59. The molecule has 7 nitrogen and oxygen atoms in total. The lowest BCUT2D eigenvalue weighted by Crippen LogP contribution is -1.98. The number of pyridine rings is 1. The van der Waals surface area contributed by atoms with Gasteiger partial charge in [-0.2, -0.15) is 9.61 Å². The van der Waals surface area contributed by atoms with Crippen LogP contribution >= 0.6 is 34.5 Å². The first-order chi connectivity index (χ1) is 19.6. The first-order valence-corrected chi connectivity index (χ1v) is 13.9. The molecule has 0 saturated carbocycles. The first-order valence-electron chi connectivity index (χ1n) is 12.4. The van der Waals surface area contributed by atoms with Crippen molar-refractivity contribution in [3.8, 4) is 39.1 Å². The summed E-state index contributed by atoms with van der Waals surface area (Å²) < 4.78 is 13.3. The van der Waals surface area contributed by atoms with Gasteiger partial charge in [0.2, 0.25) is 4.96 Å². The Morgan fingerprint density at radius 3 is 2.52 bits per heavy atom. The molecule has 196 valence electrons. The molecule has 0 amide bonds. The molecule has 0 saturated heterocycles. The van der Waals surface area contributed by atoms with Crippen molar-refractivity contribution in [1.82, 2.24) is 24.8 Å². The van der Waals surface area contributed by atoms with E-state index in [0.29, 0.717) is 33.7 Å². The predicted octanol–water partition coefficient (Wildman–Crippen LogP) is 8.23. The van der Waals surface area contributed by atoms with E-state index in [1.54, 1.807) is 19.2 Å². The molecule has 0 bridgehead atoms. The highest BCUT2D eigenvalue weighted by Crippen LogP contribution is 2.37. The number of methoxy groups -OCH3 is 1. The van der Waals surface area contributed by atoms with Gasteiger partial charge in [-0.3, -0.25) is 0 Å². The van der Waals surface area contributed by atoms with Crippen molar-refractivity contribution < 1.29 is 9.15 Å². The average Bonchev–Trinajstić information content (AvgIpc) is 3.71. The van der Waals surface area contributed by atoms with E-state index in [1.165, 1.54) is 11.3 Å². The van der Waals surface area contributed by atoms with Gasteiger partial charge in [0.05, 0.1) is 17.6 Å². The van der Waals surface area contributed by atoms with E-state index in [2.05, 4.69) is 10.2 Å². The van der Waals surface area contributed by atoms with Crippen LogP contribution in [0.1, 0.15) is 11.4 Å². The van der Waals surface area contributed by atoms with Gasteiger partial charge >= 0.3 is 0 Å². The Bertz CT molecular complexity index is 2010. The summed E-state index contributed by atoms with van der Waals surface area (Å²) in [4.78, 5) is 5.61. The molecule has 4 aromatic heterocycles. The van der Waals surface area contributed by atoms with Crippen LogP contribution in [0.2, 0.25) is 10.0 Å². The van der Waals surface area contributed by atoms with Gasteiger partial charge in [0.15, 0.2) is 11.6 Å². The highest BCUT2D eigenvalue weighted by atomic mass is 35.5. The number of furan rings is 1. The van der Waals surface area contributed by atoms with E-state index in [9.17, 15) is 0 Å². The maximum Gasteiger partial charge on any atom is 0.234 e. The second kappa shape index (κ2) is 10.1. The van der Waals surface area contributed by atoms with Crippen LogP contribution in [0.5, 0.6) is 5.75 Å². The predicted molar refractivity (Wildman–Crippen MR) is 158 cm³/mol. The number of fused-ring (bicyclic) bond motifs is 2. The molecule has 0 radical (unpaired) electrons. The van der Waals surface area contributed by atoms with Crippen LogP contribution in [-0.4, -0.2) is 31.9 Å². The van der Waals surface area contributed by atoms with E-state index in [1.807, 2.05) is 77.3 Å². The number of hydrogen-bond acceptors (Lipinski definition) is 7. The number of para-hydroxylation sites is 1. The fourth-order valence-corrected chi connectivity index (χ4v) is 5.98. The molecule has 0 aliphatic carbocycles. The molecule has 0 atom stereocenters. The molecule has 3 aromatic carbocycles. The Hall–Kier alpha value is -4.24. The van der Waals surface area contributed by atoms with E-state index in [4.69, 9.17) is 42.4 Å². The lowest BCUT2D eigenvalue weighted by atomic mass is 10.1. The lowest BCUT2D eigenvalue weighted by Gasteiger charge is -2.07. The number of hydrogen-bond donors (Lipinski definition) is 0. The minimum absolute atomic E-state index is 0.519. The molecule has 0 aliphatic heterocycles. The number of halogens is 2. The minimum Gasteiger partial charge on any atom is -0.497 e. The van der Waals surface area contributed by atoms with Crippen molar-refractivity contribution >= 4 is 50.4 Å². The minimum atomic E-state index is 0.519. The van der Waals surface area contributed by atoms with Gasteiger partial charge in [-0.05, 0) is 60.2 Å². The van der Waals surface area contributed by atoms with E-state index >= 15 is 0 Å². The zero-order chi connectivity index (χ0) is 27.2. The van der Waals surface area contributed by atoms with Crippen molar-refractivity contribution in [2.24, 2.45) is 0 Å². The quantitative estimate of drug-likeness (QED) is 0.196. The molecular weight excluding hydrogens is 565 g/mol. The third-order valence-electron chi connectivity index (χ3n) is 6.58. The summed E-state index contributed by atoms with van der Waals surface area (Å²) in [5.41, 5.74) is 4.32. The summed E-state index contributed by atoms with van der Waals surface area (Å²) in [6.45, 7) is 0. The van der Waals surface area contributed by atoms with Crippen LogP contribution in [-0.2, 0) is 6.42 Å². The second-order valence-corrected chi connectivity index (χ2v) is 10.9. The van der Waals surface area contributed by atoms with Crippen LogP contribution in [0.15, 0.2) is 89.3 Å². The Balaban J connectivity index is 1.29. The van der Waals surface area contributed by atoms with Crippen LogP contribution in [0.4, 0.5) is 0 Å². The normalized spacial score (nSPS) is 11.5. The summed E-state index contributed by atoms with van der Waals surface area (Å²) in [5, 5.41) is 16.6. The molecule has 4 heterocycles. The molecule has 0 fully saturated rings. The van der Waals surface area contributed by atoms with Gasteiger partial charge in [-0.15, -0.1) is 10.2 Å². The summed E-state index contributed by atoms with van der Waals surface area (Å²) in [7, 11) is 1.65. The Kier molecular flexibility index (Phi) is 6.23. The lowest BCUT2D eigenvalue weighted by molar-refractivity contribution is 0.414. The van der Waals surface area contributed by atoms with Crippen LogP contribution in [0.3, 0.4) is 0 Å². The fraction of sp³-hybridized carbons (Fsp3) is 0.0667. The van der Waals surface area contributed by atoms with Crippen molar-refractivity contribution in [1.29, 1.82) is 0 Å². The first kappa shape index (κ1) is 24.8. The Morgan fingerprint density at radius 1 is 0.875 bits per heavy atom. The number of rotatable bonds is 6. The summed E-state index contributed by atoms with van der Waals surface area (Å²) >= 11 is 14.0. The van der Waals surface area contributed by atoms with Gasteiger partial charge < -0.3 is 9.15 Å². The van der Waals surface area contributed by atoms with Crippen molar-refractivity contribution in [2.45, 2.75) is 6.42 Å². The molecule has 40 heavy (non-hydrogen) atoms. The van der Waals surface area contributed by atoms with E-state index in [0.717, 1.165) is 49.1 Å². The Labute approximate surface area is 242 Å². The molecule has 7 rings (SSSR count). The van der Waals surface area contributed by atoms with Crippen molar-refractivity contribution in [3.63, 3.8) is 0 Å². The number of aromatic nitrogens is 5. The van der Waals surface area contributed by atoms with E-state index in [-0.39, 0.29) is 0 Å². The van der Waals surface area contributed by atoms with Crippen molar-refractivity contribution in [3.05, 3.63) is 106 Å². The zero-order valence-corrected chi connectivity index (χ0v) is 23.3. The van der Waals surface area contributed by atoms with Gasteiger partial charge in [0.25, 0.3) is 0 Å². The standard InChI is InChI=1S/C30H19Cl2N5O2S/c1-38-19-9-6-17(7-10-19)14-28-34-35-30-37(28)36-29(40-30)22-16-25(33-24-5-3-2-4-20(22)24)27-13-12-26(39-27)21-11-8-18(31)15-23(21)32/h2-13,15-16H,14H2,1H3. The highest BCUT2D eigenvalue weighted by molar-refractivity contribution is 7.19. The third-order valence-corrected chi connectivity index (χ3v) is 8.06. The highest BCUT2D eigenvalue weighted by Gasteiger charge is 2.19. The molecule has 10 heteroatoms. The summed E-state index contributed by atoms with van der Waals surface area (Å²) in [6.07, 6.45) is 0.596. The number of nitrogens with zero attached hydrogens (tertiary/aromatic N) is 5. The molecule has 7 aromatic rings. The maximum atomic E-state index is 6.42. The SMILES string of the molecule is COc1ccc(Cc2nnc3sc(-c4cc(-c5ccc(-c6ccc(Cl)cc6Cl)o5)nc5ccccc45)nn23)cc1. The summed E-state index contributed by atoms with van der Waals surface area (Å²) in [5.74, 6) is 2.83. The zero-order valence-electron chi connectivity index (χ0n) is 21.0. The molecule has 0 spiro atoms. The topological polar surface area (TPSA) is 78.3 Å². The smallest absolute Gasteiger partial charge is 0.234 e. The molecular formula is C30H19Cl2N5O2S. The van der Waals surface area contributed by atoms with Crippen LogP contribution < -0.4 is 4.74 Å². The average molecular weight is 584 g/mol. The van der Waals surface area contributed by atoms with Crippen LogP contribution in [0.25, 0.3) is 49.2 Å². The molecule has 0 aliphatic rings. The van der Waals surface area contributed by atoms with E-state index < -0.39 is 0 Å². The monoisotopic (exact) mass is 583 g/mol. The number of ether oxygens (including phenoxy) is 1.